The van der Waals surface area contributed by atoms with Crippen LogP contribution in [0.3, 0.4) is 0 Å². The molecule has 0 heterocycles. The Hall–Kier alpha value is -2.09. The summed E-state index contributed by atoms with van der Waals surface area (Å²) in [6.45, 7) is 2.19. The van der Waals surface area contributed by atoms with Crippen LogP contribution < -0.4 is 4.90 Å². The van der Waals surface area contributed by atoms with E-state index < -0.39 is 0 Å². The van der Waals surface area contributed by atoms with E-state index in [1.807, 2.05) is 65.6 Å². The standard InChI is InChI=1S/C17H17NO/c1-13-12-16(13)18(15-10-6-3-7-11-15)17(19)14-8-4-2-5-9-14/h2-11,13,16H,12H2,1H3/t13-,16-/m0/s1. The molecule has 0 radical (unpaired) electrons. The Bertz CT molecular complexity index is 564. The summed E-state index contributed by atoms with van der Waals surface area (Å²) in [5.74, 6) is 0.689. The third-order valence-corrected chi connectivity index (χ3v) is 3.67. The Labute approximate surface area is 113 Å². The molecule has 1 aliphatic rings. The average Bonchev–Trinajstić information content (AvgIpc) is 3.18. The molecule has 1 fully saturated rings. The minimum absolute atomic E-state index is 0.0983. The number of rotatable bonds is 3. The Morgan fingerprint density at radius 1 is 1.00 bits per heavy atom. The number of carbonyl (C=O) groups is 1. The van der Waals surface area contributed by atoms with Crippen LogP contribution in [0.4, 0.5) is 5.69 Å². The first kappa shape index (κ1) is 12.0. The molecule has 2 aromatic carbocycles. The van der Waals surface area contributed by atoms with Crippen molar-refractivity contribution in [3.05, 3.63) is 66.2 Å². The lowest BCUT2D eigenvalue weighted by atomic mass is 10.1. The predicted molar refractivity (Wildman–Crippen MR) is 77.3 cm³/mol. The SMILES string of the molecule is C[C@H]1C[C@@H]1N(C(=O)c1ccccc1)c1ccccc1. The molecule has 1 aliphatic carbocycles. The maximum Gasteiger partial charge on any atom is 0.258 e. The second-order valence-electron chi connectivity index (χ2n) is 5.16. The van der Waals surface area contributed by atoms with Gasteiger partial charge in [0.25, 0.3) is 5.91 Å². The van der Waals surface area contributed by atoms with Crippen LogP contribution in [0.15, 0.2) is 60.7 Å². The summed E-state index contributed by atoms with van der Waals surface area (Å²) >= 11 is 0. The fraction of sp³-hybridized carbons (Fsp3) is 0.235. The fourth-order valence-corrected chi connectivity index (χ4v) is 2.43. The van der Waals surface area contributed by atoms with Gasteiger partial charge < -0.3 is 4.90 Å². The van der Waals surface area contributed by atoms with Crippen molar-refractivity contribution in [3.8, 4) is 0 Å². The Kier molecular flexibility index (Phi) is 3.08. The van der Waals surface area contributed by atoms with Gasteiger partial charge in [0.05, 0.1) is 0 Å². The molecule has 19 heavy (non-hydrogen) atoms. The zero-order valence-electron chi connectivity index (χ0n) is 11.0. The lowest BCUT2D eigenvalue weighted by Gasteiger charge is -2.23. The summed E-state index contributed by atoms with van der Waals surface area (Å²) in [5, 5.41) is 0. The molecule has 0 N–H and O–H groups in total. The minimum atomic E-state index is 0.0983. The molecule has 2 nitrogen and oxygen atoms in total. The molecule has 0 spiro atoms. The molecule has 0 aromatic heterocycles. The first-order valence-corrected chi connectivity index (χ1v) is 6.71. The summed E-state index contributed by atoms with van der Waals surface area (Å²) < 4.78 is 0. The number of carbonyl (C=O) groups excluding carboxylic acids is 1. The van der Waals surface area contributed by atoms with Gasteiger partial charge in [0, 0.05) is 17.3 Å². The summed E-state index contributed by atoms with van der Waals surface area (Å²) in [5.41, 5.74) is 1.75. The number of hydrogen-bond acceptors (Lipinski definition) is 1. The van der Waals surface area contributed by atoms with Crippen molar-refractivity contribution < 1.29 is 4.79 Å². The monoisotopic (exact) mass is 251 g/mol. The van der Waals surface area contributed by atoms with Crippen molar-refractivity contribution in [1.29, 1.82) is 0 Å². The molecule has 2 aromatic rings. The molecule has 2 atom stereocenters. The van der Waals surface area contributed by atoms with Gasteiger partial charge in [0.2, 0.25) is 0 Å². The highest BCUT2D eigenvalue weighted by atomic mass is 16.2. The lowest BCUT2D eigenvalue weighted by molar-refractivity contribution is 0.0984. The van der Waals surface area contributed by atoms with Crippen LogP contribution in [0.2, 0.25) is 0 Å². The molecule has 0 bridgehead atoms. The Morgan fingerprint density at radius 2 is 1.53 bits per heavy atom. The van der Waals surface area contributed by atoms with Crippen molar-refractivity contribution in [1.82, 2.24) is 0 Å². The number of hydrogen-bond donors (Lipinski definition) is 0. The van der Waals surface area contributed by atoms with Crippen molar-refractivity contribution >= 4 is 11.6 Å². The van der Waals surface area contributed by atoms with E-state index in [2.05, 4.69) is 6.92 Å². The van der Waals surface area contributed by atoms with Crippen molar-refractivity contribution in [2.75, 3.05) is 4.90 Å². The van der Waals surface area contributed by atoms with Crippen LogP contribution in [0.1, 0.15) is 23.7 Å². The summed E-state index contributed by atoms with van der Waals surface area (Å²) in [4.78, 5) is 14.6. The van der Waals surface area contributed by atoms with Gasteiger partial charge in [-0.3, -0.25) is 4.79 Å². The molecule has 1 saturated carbocycles. The first-order valence-electron chi connectivity index (χ1n) is 6.71. The zero-order chi connectivity index (χ0) is 13.2. The minimum Gasteiger partial charge on any atom is -0.305 e. The van der Waals surface area contributed by atoms with E-state index in [1.165, 1.54) is 0 Å². The van der Waals surface area contributed by atoms with E-state index in [0.717, 1.165) is 17.7 Å². The highest BCUT2D eigenvalue weighted by molar-refractivity contribution is 6.06. The van der Waals surface area contributed by atoms with Crippen LogP contribution in [-0.2, 0) is 0 Å². The van der Waals surface area contributed by atoms with Crippen molar-refractivity contribution in [2.45, 2.75) is 19.4 Å². The molecular weight excluding hydrogens is 234 g/mol. The van der Waals surface area contributed by atoms with Gasteiger partial charge in [-0.2, -0.15) is 0 Å². The lowest BCUT2D eigenvalue weighted by Crippen LogP contribution is -2.33. The highest BCUT2D eigenvalue weighted by Gasteiger charge is 2.41. The molecule has 3 rings (SSSR count). The Balaban J connectivity index is 1.95. The quantitative estimate of drug-likeness (QED) is 0.813. The first-order chi connectivity index (χ1) is 9.27. The van der Waals surface area contributed by atoms with Gasteiger partial charge in [-0.05, 0) is 36.6 Å². The van der Waals surface area contributed by atoms with E-state index in [1.54, 1.807) is 0 Å². The van der Waals surface area contributed by atoms with Gasteiger partial charge >= 0.3 is 0 Å². The number of amides is 1. The van der Waals surface area contributed by atoms with Crippen LogP contribution in [-0.4, -0.2) is 11.9 Å². The maximum absolute atomic E-state index is 12.7. The predicted octanol–water partition coefficient (Wildman–Crippen LogP) is 3.74. The molecule has 0 saturated heterocycles. The van der Waals surface area contributed by atoms with E-state index in [4.69, 9.17) is 0 Å². The fourth-order valence-electron chi connectivity index (χ4n) is 2.43. The third kappa shape index (κ3) is 2.39. The second-order valence-corrected chi connectivity index (χ2v) is 5.16. The van der Waals surface area contributed by atoms with Crippen LogP contribution in [0.25, 0.3) is 0 Å². The smallest absolute Gasteiger partial charge is 0.258 e. The third-order valence-electron chi connectivity index (χ3n) is 3.67. The van der Waals surface area contributed by atoms with E-state index in [0.29, 0.717) is 12.0 Å². The van der Waals surface area contributed by atoms with Gasteiger partial charge in [-0.25, -0.2) is 0 Å². The Morgan fingerprint density at radius 3 is 2.05 bits per heavy atom. The van der Waals surface area contributed by atoms with Crippen LogP contribution >= 0.6 is 0 Å². The number of benzene rings is 2. The number of nitrogens with zero attached hydrogens (tertiary/aromatic N) is 1. The maximum atomic E-state index is 12.7. The summed E-state index contributed by atoms with van der Waals surface area (Å²) in [7, 11) is 0. The van der Waals surface area contributed by atoms with E-state index in [9.17, 15) is 4.79 Å². The van der Waals surface area contributed by atoms with Gasteiger partial charge in [0.1, 0.15) is 0 Å². The van der Waals surface area contributed by atoms with E-state index >= 15 is 0 Å². The largest absolute Gasteiger partial charge is 0.305 e. The number of anilines is 1. The second kappa shape index (κ2) is 4.88. The van der Waals surface area contributed by atoms with E-state index in [-0.39, 0.29) is 5.91 Å². The topological polar surface area (TPSA) is 20.3 Å². The summed E-state index contributed by atoms with van der Waals surface area (Å²) in [6.07, 6.45) is 1.09. The van der Waals surface area contributed by atoms with Gasteiger partial charge in [0.15, 0.2) is 0 Å². The van der Waals surface area contributed by atoms with Gasteiger partial charge in [-0.1, -0.05) is 43.3 Å². The van der Waals surface area contributed by atoms with Crippen molar-refractivity contribution in [3.63, 3.8) is 0 Å². The van der Waals surface area contributed by atoms with Gasteiger partial charge in [-0.15, -0.1) is 0 Å². The summed E-state index contributed by atoms with van der Waals surface area (Å²) in [6, 6.07) is 19.8. The van der Waals surface area contributed by atoms with Crippen LogP contribution in [0, 0.1) is 5.92 Å². The molecular formula is C17H17NO. The normalized spacial score (nSPS) is 20.9. The molecule has 0 aliphatic heterocycles. The van der Waals surface area contributed by atoms with Crippen LogP contribution in [0.5, 0.6) is 0 Å². The molecule has 2 heteroatoms. The van der Waals surface area contributed by atoms with Crippen molar-refractivity contribution in [2.24, 2.45) is 5.92 Å². The molecule has 1 amide bonds. The average molecular weight is 251 g/mol. The highest BCUT2D eigenvalue weighted by Crippen LogP contribution is 2.38. The molecule has 96 valence electrons. The number of para-hydroxylation sites is 1. The zero-order valence-corrected chi connectivity index (χ0v) is 11.0. The molecule has 0 unspecified atom stereocenters.